The molecule has 1 aromatic heterocycles. The van der Waals surface area contributed by atoms with Crippen LogP contribution in [0.3, 0.4) is 0 Å². The highest BCUT2D eigenvalue weighted by molar-refractivity contribution is 7.09. The molecule has 0 radical (unpaired) electrons. The standard InChI is InChI=1S/C13H12N2OS.C9H8ClNO2/c16-13-12(8-9-4-3-7-17-9)14-10-5-1-2-6-11(10)15-13;10-5-9(13)11-8-3-1-7(6-12)2-4-8/h1-7,12,14H,8H2,(H,15,16);1-4,6H,5H2,(H,11,13)/t12-;/m1./s1. The van der Waals surface area contributed by atoms with Gasteiger partial charge in [0.15, 0.2) is 0 Å². The van der Waals surface area contributed by atoms with E-state index >= 15 is 0 Å². The van der Waals surface area contributed by atoms with Gasteiger partial charge in [0.2, 0.25) is 11.8 Å². The number of alkyl halides is 1. The number of thiophene rings is 1. The van der Waals surface area contributed by atoms with Gasteiger partial charge in [-0.2, -0.15) is 0 Å². The van der Waals surface area contributed by atoms with Crippen LogP contribution in [0.1, 0.15) is 15.2 Å². The molecule has 0 unspecified atom stereocenters. The van der Waals surface area contributed by atoms with Gasteiger partial charge in [0, 0.05) is 22.5 Å². The van der Waals surface area contributed by atoms with Crippen LogP contribution < -0.4 is 16.0 Å². The fourth-order valence-electron chi connectivity index (χ4n) is 2.80. The Morgan fingerprint density at radius 2 is 1.80 bits per heavy atom. The third-order valence-electron chi connectivity index (χ3n) is 4.27. The lowest BCUT2D eigenvalue weighted by atomic mass is 10.1. The Morgan fingerprint density at radius 1 is 1.07 bits per heavy atom. The summed E-state index contributed by atoms with van der Waals surface area (Å²) < 4.78 is 0. The molecule has 0 bridgehead atoms. The van der Waals surface area contributed by atoms with E-state index in [1.54, 1.807) is 35.6 Å². The molecular weight excluding hydrogens is 422 g/mol. The normalized spacial score (nSPS) is 14.3. The van der Waals surface area contributed by atoms with Crippen LogP contribution in [0.4, 0.5) is 17.1 Å². The van der Waals surface area contributed by atoms with Crippen molar-refractivity contribution >= 4 is 58.1 Å². The summed E-state index contributed by atoms with van der Waals surface area (Å²) >= 11 is 6.97. The van der Waals surface area contributed by atoms with Crippen molar-refractivity contribution in [3.8, 4) is 0 Å². The lowest BCUT2D eigenvalue weighted by molar-refractivity contribution is -0.117. The minimum absolute atomic E-state index is 0.0390. The number of aldehydes is 1. The molecule has 1 atom stereocenters. The van der Waals surface area contributed by atoms with E-state index in [0.29, 0.717) is 11.3 Å². The first-order valence-electron chi connectivity index (χ1n) is 9.19. The smallest absolute Gasteiger partial charge is 0.247 e. The molecule has 1 aliphatic heterocycles. The summed E-state index contributed by atoms with van der Waals surface area (Å²) in [6.07, 6.45) is 1.48. The third kappa shape index (κ3) is 5.92. The van der Waals surface area contributed by atoms with E-state index in [0.717, 1.165) is 24.1 Å². The molecule has 0 saturated heterocycles. The minimum atomic E-state index is -0.263. The van der Waals surface area contributed by atoms with E-state index in [2.05, 4.69) is 22.0 Å². The zero-order valence-electron chi connectivity index (χ0n) is 15.9. The number of hydrogen-bond donors (Lipinski definition) is 3. The van der Waals surface area contributed by atoms with Gasteiger partial charge in [-0.25, -0.2) is 0 Å². The number of amides is 2. The van der Waals surface area contributed by atoms with Gasteiger partial charge in [-0.15, -0.1) is 22.9 Å². The first-order chi connectivity index (χ1) is 14.6. The van der Waals surface area contributed by atoms with Crippen LogP contribution >= 0.6 is 22.9 Å². The molecule has 0 fully saturated rings. The molecule has 0 spiro atoms. The zero-order valence-corrected chi connectivity index (χ0v) is 17.5. The number of halogens is 1. The summed E-state index contributed by atoms with van der Waals surface area (Å²) in [6.45, 7) is 0. The highest BCUT2D eigenvalue weighted by Gasteiger charge is 2.25. The molecule has 2 amide bonds. The molecule has 3 aromatic rings. The second-order valence-electron chi connectivity index (χ2n) is 6.44. The molecule has 2 aromatic carbocycles. The van der Waals surface area contributed by atoms with Crippen LogP contribution in [0.25, 0.3) is 0 Å². The third-order valence-corrected chi connectivity index (χ3v) is 5.41. The predicted molar refractivity (Wildman–Crippen MR) is 122 cm³/mol. The number of hydrogen-bond acceptors (Lipinski definition) is 5. The van der Waals surface area contributed by atoms with Crippen LogP contribution in [0.5, 0.6) is 0 Å². The number of anilines is 3. The largest absolute Gasteiger partial charge is 0.372 e. The van der Waals surface area contributed by atoms with Crippen molar-refractivity contribution in [1.29, 1.82) is 0 Å². The second-order valence-corrected chi connectivity index (χ2v) is 7.74. The molecular formula is C22H20ClN3O3S. The fourth-order valence-corrected chi connectivity index (χ4v) is 3.62. The predicted octanol–water partition coefficient (Wildman–Crippen LogP) is 4.40. The van der Waals surface area contributed by atoms with Crippen molar-refractivity contribution in [1.82, 2.24) is 0 Å². The molecule has 4 rings (SSSR count). The monoisotopic (exact) mass is 441 g/mol. The van der Waals surface area contributed by atoms with Crippen LogP contribution in [0.2, 0.25) is 0 Å². The number of nitrogens with one attached hydrogen (secondary N) is 3. The molecule has 8 heteroatoms. The summed E-state index contributed by atoms with van der Waals surface area (Å²) in [5, 5.41) is 10.8. The highest BCUT2D eigenvalue weighted by atomic mass is 35.5. The van der Waals surface area contributed by atoms with Crippen molar-refractivity contribution in [2.45, 2.75) is 12.5 Å². The summed E-state index contributed by atoms with van der Waals surface area (Å²) in [7, 11) is 0. The minimum Gasteiger partial charge on any atom is -0.372 e. The maximum absolute atomic E-state index is 11.9. The quantitative estimate of drug-likeness (QED) is 0.404. The molecule has 6 nitrogen and oxygen atoms in total. The second kappa shape index (κ2) is 10.6. The number of carbonyl (C=O) groups is 3. The Kier molecular flexibility index (Phi) is 7.59. The van der Waals surface area contributed by atoms with Crippen LogP contribution in [0, 0.1) is 0 Å². The van der Waals surface area contributed by atoms with Crippen LogP contribution in [0.15, 0.2) is 66.0 Å². The molecule has 2 heterocycles. The average molecular weight is 442 g/mol. The molecule has 30 heavy (non-hydrogen) atoms. The van der Waals surface area contributed by atoms with E-state index in [1.165, 1.54) is 4.88 Å². The maximum Gasteiger partial charge on any atom is 0.247 e. The van der Waals surface area contributed by atoms with Crippen molar-refractivity contribution in [2.75, 3.05) is 21.8 Å². The number of carbonyl (C=O) groups excluding carboxylic acids is 3. The lowest BCUT2D eigenvalue weighted by Crippen LogP contribution is -2.40. The Bertz CT molecular complexity index is 1010. The topological polar surface area (TPSA) is 87.3 Å². The summed E-state index contributed by atoms with van der Waals surface area (Å²) in [6, 6.07) is 18.2. The molecule has 0 saturated carbocycles. The first kappa shape index (κ1) is 21.5. The Labute approximate surface area is 183 Å². The first-order valence-corrected chi connectivity index (χ1v) is 10.6. The number of para-hydroxylation sites is 2. The average Bonchev–Trinajstić information content (AvgIpc) is 3.28. The van der Waals surface area contributed by atoms with Gasteiger partial charge in [0.25, 0.3) is 0 Å². The van der Waals surface area contributed by atoms with E-state index in [4.69, 9.17) is 11.6 Å². The molecule has 0 aliphatic carbocycles. The highest BCUT2D eigenvalue weighted by Crippen LogP contribution is 2.27. The van der Waals surface area contributed by atoms with Gasteiger partial charge in [0.1, 0.15) is 18.2 Å². The van der Waals surface area contributed by atoms with Crippen LogP contribution in [-0.4, -0.2) is 30.0 Å². The van der Waals surface area contributed by atoms with Crippen LogP contribution in [-0.2, 0) is 16.0 Å². The Balaban J connectivity index is 0.000000178. The maximum atomic E-state index is 11.9. The van der Waals surface area contributed by atoms with Gasteiger partial charge in [0.05, 0.1) is 11.4 Å². The van der Waals surface area contributed by atoms with Gasteiger partial charge >= 0.3 is 0 Å². The summed E-state index contributed by atoms with van der Waals surface area (Å²) in [5.41, 5.74) is 3.06. The summed E-state index contributed by atoms with van der Waals surface area (Å²) in [5.74, 6) is -0.298. The SMILES string of the molecule is O=C1Nc2ccccc2N[C@@H]1Cc1cccs1.O=Cc1ccc(NC(=O)CCl)cc1. The Morgan fingerprint density at radius 3 is 2.43 bits per heavy atom. The molecule has 3 N–H and O–H groups in total. The van der Waals surface area contributed by atoms with Crippen molar-refractivity contribution < 1.29 is 14.4 Å². The van der Waals surface area contributed by atoms with E-state index in [9.17, 15) is 14.4 Å². The van der Waals surface area contributed by atoms with Crippen molar-refractivity contribution in [2.24, 2.45) is 0 Å². The molecule has 1 aliphatic rings. The van der Waals surface area contributed by atoms with E-state index in [1.807, 2.05) is 35.7 Å². The van der Waals surface area contributed by atoms with Gasteiger partial charge in [-0.1, -0.05) is 18.2 Å². The van der Waals surface area contributed by atoms with Gasteiger partial charge in [-0.05, 0) is 47.8 Å². The van der Waals surface area contributed by atoms with Crippen molar-refractivity contribution in [3.05, 3.63) is 76.5 Å². The number of benzene rings is 2. The Hall–Kier alpha value is -3.16. The van der Waals surface area contributed by atoms with E-state index < -0.39 is 0 Å². The fraction of sp³-hybridized carbons (Fsp3) is 0.136. The van der Waals surface area contributed by atoms with E-state index in [-0.39, 0.29) is 23.7 Å². The zero-order chi connectivity index (χ0) is 21.3. The summed E-state index contributed by atoms with van der Waals surface area (Å²) in [4.78, 5) is 34.2. The molecule has 154 valence electrons. The van der Waals surface area contributed by atoms with Gasteiger partial charge in [-0.3, -0.25) is 14.4 Å². The number of fused-ring (bicyclic) bond motifs is 1. The lowest BCUT2D eigenvalue weighted by Gasteiger charge is -2.26. The van der Waals surface area contributed by atoms with Crippen molar-refractivity contribution in [3.63, 3.8) is 0 Å². The number of rotatable bonds is 5. The van der Waals surface area contributed by atoms with Gasteiger partial charge < -0.3 is 16.0 Å².